The Bertz CT molecular complexity index is 430. The molecule has 1 aromatic carbocycles. The lowest BCUT2D eigenvalue weighted by Crippen LogP contribution is -2.44. The third kappa shape index (κ3) is 3.37. The summed E-state index contributed by atoms with van der Waals surface area (Å²) in [5.41, 5.74) is 0.650. The van der Waals surface area contributed by atoms with Crippen molar-refractivity contribution < 1.29 is 4.79 Å². The predicted octanol–water partition coefficient (Wildman–Crippen LogP) is 3.42. The minimum atomic E-state index is -0.0588. The van der Waals surface area contributed by atoms with E-state index < -0.39 is 0 Å². The van der Waals surface area contributed by atoms with Crippen LogP contribution >= 0.6 is 23.2 Å². The van der Waals surface area contributed by atoms with E-state index in [1.165, 1.54) is 0 Å². The molecule has 2 rings (SSSR count). The van der Waals surface area contributed by atoms with Gasteiger partial charge in [-0.25, -0.2) is 0 Å². The van der Waals surface area contributed by atoms with Crippen molar-refractivity contribution >= 4 is 34.8 Å². The van der Waals surface area contributed by atoms with Gasteiger partial charge in [0.25, 0.3) is 0 Å². The molecule has 1 aromatic rings. The van der Waals surface area contributed by atoms with Crippen LogP contribution in [0.3, 0.4) is 0 Å². The van der Waals surface area contributed by atoms with E-state index in [0.29, 0.717) is 15.7 Å². The lowest BCUT2D eigenvalue weighted by atomic mass is 10.0. The number of rotatable bonds is 2. The van der Waals surface area contributed by atoms with Crippen molar-refractivity contribution in [1.82, 2.24) is 4.90 Å². The van der Waals surface area contributed by atoms with Gasteiger partial charge in [0.1, 0.15) is 0 Å². The van der Waals surface area contributed by atoms with Gasteiger partial charge >= 0.3 is 0 Å². The summed E-state index contributed by atoms with van der Waals surface area (Å²) < 4.78 is 0. The summed E-state index contributed by atoms with van der Waals surface area (Å²) in [7, 11) is 1.98. The zero-order chi connectivity index (χ0) is 13.1. The number of nitrogens with one attached hydrogen (secondary N) is 1. The summed E-state index contributed by atoms with van der Waals surface area (Å²) in [5.74, 6) is 0.00975. The normalized spacial score (nSPS) is 20.7. The second kappa shape index (κ2) is 5.91. The monoisotopic (exact) mass is 286 g/mol. The maximum absolute atomic E-state index is 12.2. The highest BCUT2D eigenvalue weighted by Gasteiger charge is 2.25. The van der Waals surface area contributed by atoms with Gasteiger partial charge in [0.2, 0.25) is 5.91 Å². The average Bonchev–Trinajstić information content (AvgIpc) is 2.27. The fourth-order valence-electron chi connectivity index (χ4n) is 2.26. The summed E-state index contributed by atoms with van der Waals surface area (Å²) >= 11 is 11.8. The summed E-state index contributed by atoms with van der Waals surface area (Å²) in [4.78, 5) is 14.2. The van der Waals surface area contributed by atoms with Crippen LogP contribution in [0.1, 0.15) is 19.3 Å². The summed E-state index contributed by atoms with van der Waals surface area (Å²) in [6.45, 7) is 0.967. The molecule has 0 aliphatic carbocycles. The van der Waals surface area contributed by atoms with E-state index in [1.54, 1.807) is 18.2 Å². The molecule has 3 nitrogen and oxygen atoms in total. The van der Waals surface area contributed by atoms with Gasteiger partial charge in [0.15, 0.2) is 0 Å². The molecule has 1 aliphatic heterocycles. The van der Waals surface area contributed by atoms with E-state index in [9.17, 15) is 4.79 Å². The summed E-state index contributed by atoms with van der Waals surface area (Å²) in [6.07, 6.45) is 3.15. The smallest absolute Gasteiger partial charge is 0.241 e. The first-order valence-corrected chi connectivity index (χ1v) is 6.79. The Hall–Kier alpha value is -0.770. The van der Waals surface area contributed by atoms with Gasteiger partial charge in [-0.2, -0.15) is 0 Å². The number of hydrogen-bond donors (Lipinski definition) is 1. The maximum Gasteiger partial charge on any atom is 0.241 e. The molecule has 1 atom stereocenters. The Morgan fingerprint density at radius 1 is 1.28 bits per heavy atom. The predicted molar refractivity (Wildman–Crippen MR) is 75.4 cm³/mol. The molecule has 1 amide bonds. The Balaban J connectivity index is 2.06. The zero-order valence-corrected chi connectivity index (χ0v) is 11.8. The van der Waals surface area contributed by atoms with Crippen LogP contribution < -0.4 is 5.32 Å². The zero-order valence-electron chi connectivity index (χ0n) is 10.2. The molecule has 0 spiro atoms. The molecule has 0 radical (unpaired) electrons. The number of piperidine rings is 1. The van der Waals surface area contributed by atoms with Gasteiger partial charge in [-0.05, 0) is 44.6 Å². The number of nitrogens with zero attached hydrogens (tertiary/aromatic N) is 1. The first-order valence-electron chi connectivity index (χ1n) is 6.03. The van der Waals surface area contributed by atoms with E-state index in [0.717, 1.165) is 25.8 Å². The average molecular weight is 287 g/mol. The van der Waals surface area contributed by atoms with Crippen LogP contribution in [0.5, 0.6) is 0 Å². The number of benzene rings is 1. The number of anilines is 1. The molecule has 0 saturated carbocycles. The Morgan fingerprint density at radius 2 is 1.94 bits per heavy atom. The molecule has 1 unspecified atom stereocenters. The molecule has 0 aromatic heterocycles. The SMILES string of the molecule is CN1CCCCC1C(=O)Nc1cc(Cl)cc(Cl)c1. The first kappa shape index (κ1) is 13.7. The van der Waals surface area contributed by atoms with Crippen LogP contribution in [-0.4, -0.2) is 30.4 Å². The van der Waals surface area contributed by atoms with E-state index in [-0.39, 0.29) is 11.9 Å². The van der Waals surface area contributed by atoms with Gasteiger partial charge in [0, 0.05) is 15.7 Å². The fourth-order valence-corrected chi connectivity index (χ4v) is 2.78. The van der Waals surface area contributed by atoms with E-state index in [4.69, 9.17) is 23.2 Å². The molecule has 5 heteroatoms. The van der Waals surface area contributed by atoms with Gasteiger partial charge in [-0.3, -0.25) is 9.69 Å². The number of carbonyl (C=O) groups is 1. The maximum atomic E-state index is 12.2. The number of hydrogen-bond acceptors (Lipinski definition) is 2. The molecule has 1 fully saturated rings. The molecule has 1 aliphatic rings. The lowest BCUT2D eigenvalue weighted by Gasteiger charge is -2.31. The molecule has 98 valence electrons. The molecule has 0 bridgehead atoms. The van der Waals surface area contributed by atoms with Crippen LogP contribution in [0.15, 0.2) is 18.2 Å². The Kier molecular flexibility index (Phi) is 4.49. The van der Waals surface area contributed by atoms with Crippen LogP contribution in [0, 0.1) is 0 Å². The van der Waals surface area contributed by atoms with Crippen molar-refractivity contribution in [2.45, 2.75) is 25.3 Å². The molecular weight excluding hydrogens is 271 g/mol. The number of likely N-dealkylation sites (N-methyl/N-ethyl adjacent to an activating group) is 1. The highest BCUT2D eigenvalue weighted by molar-refractivity contribution is 6.35. The molecular formula is C13H16Cl2N2O. The van der Waals surface area contributed by atoms with Gasteiger partial charge < -0.3 is 5.32 Å². The standard InChI is InChI=1S/C13H16Cl2N2O/c1-17-5-3-2-4-12(17)13(18)16-11-7-9(14)6-10(15)8-11/h6-8,12H,2-5H2,1H3,(H,16,18). The number of carbonyl (C=O) groups excluding carboxylic acids is 1. The first-order chi connectivity index (χ1) is 8.56. The van der Waals surface area contributed by atoms with Crippen molar-refractivity contribution in [2.24, 2.45) is 0 Å². The summed E-state index contributed by atoms with van der Waals surface area (Å²) in [5, 5.41) is 3.92. The second-order valence-corrected chi connectivity index (χ2v) is 5.51. The van der Waals surface area contributed by atoms with Crippen LogP contribution in [0.2, 0.25) is 10.0 Å². The number of halogens is 2. The third-order valence-corrected chi connectivity index (χ3v) is 3.64. The van der Waals surface area contributed by atoms with E-state index in [1.807, 2.05) is 7.05 Å². The van der Waals surface area contributed by atoms with Gasteiger partial charge in [0.05, 0.1) is 6.04 Å². The van der Waals surface area contributed by atoms with Crippen molar-refractivity contribution in [3.05, 3.63) is 28.2 Å². The number of likely N-dealkylation sites (tertiary alicyclic amines) is 1. The third-order valence-electron chi connectivity index (χ3n) is 3.20. The highest BCUT2D eigenvalue weighted by Crippen LogP contribution is 2.23. The minimum absolute atomic E-state index is 0.00975. The van der Waals surface area contributed by atoms with E-state index >= 15 is 0 Å². The lowest BCUT2D eigenvalue weighted by molar-refractivity contribution is -0.121. The second-order valence-electron chi connectivity index (χ2n) is 4.64. The summed E-state index contributed by atoms with van der Waals surface area (Å²) in [6, 6.07) is 4.99. The fraction of sp³-hybridized carbons (Fsp3) is 0.462. The topological polar surface area (TPSA) is 32.3 Å². The molecule has 1 N–H and O–H groups in total. The molecule has 1 heterocycles. The molecule has 1 saturated heterocycles. The number of amides is 1. The van der Waals surface area contributed by atoms with Crippen molar-refractivity contribution in [3.8, 4) is 0 Å². The van der Waals surface area contributed by atoms with Crippen molar-refractivity contribution in [3.63, 3.8) is 0 Å². The molecule has 18 heavy (non-hydrogen) atoms. The minimum Gasteiger partial charge on any atom is -0.325 e. The van der Waals surface area contributed by atoms with Crippen LogP contribution in [-0.2, 0) is 4.79 Å². The van der Waals surface area contributed by atoms with E-state index in [2.05, 4.69) is 10.2 Å². The van der Waals surface area contributed by atoms with Crippen LogP contribution in [0.4, 0.5) is 5.69 Å². The van der Waals surface area contributed by atoms with Gasteiger partial charge in [-0.15, -0.1) is 0 Å². The van der Waals surface area contributed by atoms with Gasteiger partial charge in [-0.1, -0.05) is 29.6 Å². The Morgan fingerprint density at radius 3 is 2.56 bits per heavy atom. The highest BCUT2D eigenvalue weighted by atomic mass is 35.5. The van der Waals surface area contributed by atoms with Crippen molar-refractivity contribution in [1.29, 1.82) is 0 Å². The van der Waals surface area contributed by atoms with Crippen molar-refractivity contribution in [2.75, 3.05) is 18.9 Å². The quantitative estimate of drug-likeness (QED) is 0.904. The van der Waals surface area contributed by atoms with Crippen LogP contribution in [0.25, 0.3) is 0 Å². The largest absolute Gasteiger partial charge is 0.325 e. The Labute approximate surface area is 117 Å².